The number of fused-ring (bicyclic) bond motifs is 2. The van der Waals surface area contributed by atoms with Crippen molar-refractivity contribution in [3.8, 4) is 0 Å². The van der Waals surface area contributed by atoms with Gasteiger partial charge >= 0.3 is 6.03 Å². The van der Waals surface area contributed by atoms with Crippen molar-refractivity contribution in [3.05, 3.63) is 35.4 Å². The van der Waals surface area contributed by atoms with E-state index in [2.05, 4.69) is 16.3 Å². The van der Waals surface area contributed by atoms with Crippen molar-refractivity contribution >= 4 is 17.8 Å². The summed E-state index contributed by atoms with van der Waals surface area (Å²) in [6.07, 6.45) is 3.51. The SMILES string of the molecule is CC(C)C(=O)N1CCN(CN2C(=O)NC3(CCCCc4ccccc43)C2=O)CC1. The highest BCUT2D eigenvalue weighted by molar-refractivity contribution is 6.07. The van der Waals surface area contributed by atoms with E-state index in [0.29, 0.717) is 32.6 Å². The number of hydrogen-bond acceptors (Lipinski definition) is 4. The van der Waals surface area contributed by atoms with Crippen LogP contribution in [0.1, 0.15) is 44.2 Å². The maximum Gasteiger partial charge on any atom is 0.326 e. The van der Waals surface area contributed by atoms with E-state index in [1.54, 1.807) is 0 Å². The minimum Gasteiger partial charge on any atom is -0.340 e. The van der Waals surface area contributed by atoms with E-state index >= 15 is 0 Å². The van der Waals surface area contributed by atoms with Crippen molar-refractivity contribution in [2.75, 3.05) is 32.8 Å². The van der Waals surface area contributed by atoms with Gasteiger partial charge in [0.2, 0.25) is 5.91 Å². The summed E-state index contributed by atoms with van der Waals surface area (Å²) in [7, 11) is 0. The summed E-state index contributed by atoms with van der Waals surface area (Å²) in [5, 5.41) is 3.04. The maximum absolute atomic E-state index is 13.5. The number of piperazine rings is 1. The molecule has 7 heteroatoms. The van der Waals surface area contributed by atoms with Gasteiger partial charge in [-0.25, -0.2) is 9.69 Å². The van der Waals surface area contributed by atoms with E-state index < -0.39 is 5.54 Å². The molecule has 2 saturated heterocycles. The predicted molar refractivity (Wildman–Crippen MR) is 109 cm³/mol. The van der Waals surface area contributed by atoms with Crippen LogP contribution >= 0.6 is 0 Å². The summed E-state index contributed by atoms with van der Waals surface area (Å²) in [4.78, 5) is 43.8. The largest absolute Gasteiger partial charge is 0.340 e. The predicted octanol–water partition coefficient (Wildman–Crippen LogP) is 1.92. The molecular formula is C22H30N4O3. The van der Waals surface area contributed by atoms with Crippen LogP contribution in [0.15, 0.2) is 24.3 Å². The van der Waals surface area contributed by atoms with Crippen LogP contribution in [0.3, 0.4) is 0 Å². The van der Waals surface area contributed by atoms with E-state index in [-0.39, 0.29) is 30.4 Å². The molecule has 2 fully saturated rings. The Balaban J connectivity index is 1.48. The lowest BCUT2D eigenvalue weighted by atomic mass is 9.84. The van der Waals surface area contributed by atoms with Crippen molar-refractivity contribution in [2.24, 2.45) is 5.92 Å². The zero-order valence-electron chi connectivity index (χ0n) is 17.3. The van der Waals surface area contributed by atoms with Gasteiger partial charge in [-0.3, -0.25) is 14.5 Å². The number of hydrogen-bond donors (Lipinski definition) is 1. The normalized spacial score (nSPS) is 25.3. The van der Waals surface area contributed by atoms with Crippen molar-refractivity contribution < 1.29 is 14.4 Å². The highest BCUT2D eigenvalue weighted by Gasteiger charge is 2.53. The molecule has 0 aromatic heterocycles. The smallest absolute Gasteiger partial charge is 0.326 e. The first kappa shape index (κ1) is 19.9. The number of urea groups is 1. The van der Waals surface area contributed by atoms with Crippen LogP contribution in [0.5, 0.6) is 0 Å². The number of rotatable bonds is 3. The number of amides is 4. The molecular weight excluding hydrogens is 368 g/mol. The molecule has 29 heavy (non-hydrogen) atoms. The Morgan fingerprint density at radius 2 is 1.83 bits per heavy atom. The number of imide groups is 1. The Kier molecular flexibility index (Phi) is 5.34. The van der Waals surface area contributed by atoms with E-state index in [1.165, 1.54) is 4.90 Å². The third kappa shape index (κ3) is 3.52. The highest BCUT2D eigenvalue weighted by Crippen LogP contribution is 2.39. The standard InChI is InChI=1S/C22H30N4O3/c1-16(2)19(27)25-13-11-24(12-14-25)15-26-20(28)22(23-21(26)29)10-6-5-8-17-7-3-4-9-18(17)22/h3-4,7,9,16H,5-6,8,10-15H2,1-2H3,(H,23,29). The van der Waals surface area contributed by atoms with Gasteiger partial charge in [0.1, 0.15) is 5.54 Å². The van der Waals surface area contributed by atoms with Crippen molar-refractivity contribution in [3.63, 3.8) is 0 Å². The second-order valence-electron chi connectivity index (χ2n) is 8.67. The third-order valence-electron chi connectivity index (χ3n) is 6.42. The van der Waals surface area contributed by atoms with Crippen molar-refractivity contribution in [1.82, 2.24) is 20.0 Å². The lowest BCUT2D eigenvalue weighted by Gasteiger charge is -2.37. The molecule has 3 aliphatic rings. The average Bonchev–Trinajstić information content (AvgIpc) is 2.86. The Morgan fingerprint density at radius 3 is 2.55 bits per heavy atom. The van der Waals surface area contributed by atoms with Gasteiger partial charge in [0.25, 0.3) is 5.91 Å². The van der Waals surface area contributed by atoms with Crippen LogP contribution in [-0.2, 0) is 21.5 Å². The minimum absolute atomic E-state index is 0.0114. The Morgan fingerprint density at radius 1 is 1.10 bits per heavy atom. The number of nitrogens with zero attached hydrogens (tertiary/aromatic N) is 3. The number of benzene rings is 1. The summed E-state index contributed by atoms with van der Waals surface area (Å²) in [5.41, 5.74) is 1.17. The molecule has 4 rings (SSSR count). The van der Waals surface area contributed by atoms with E-state index in [9.17, 15) is 14.4 Å². The van der Waals surface area contributed by atoms with Gasteiger partial charge in [-0.15, -0.1) is 0 Å². The zero-order valence-corrected chi connectivity index (χ0v) is 17.3. The molecule has 2 heterocycles. The average molecular weight is 399 g/mol. The van der Waals surface area contributed by atoms with Gasteiger partial charge in [-0.05, 0) is 36.8 Å². The fourth-order valence-corrected chi connectivity index (χ4v) is 4.78. The zero-order chi connectivity index (χ0) is 20.6. The molecule has 1 aromatic rings. The Labute approximate surface area is 172 Å². The molecule has 0 saturated carbocycles. The molecule has 1 unspecified atom stereocenters. The number of aryl methyl sites for hydroxylation is 1. The van der Waals surface area contributed by atoms with Gasteiger partial charge < -0.3 is 10.2 Å². The summed E-state index contributed by atoms with van der Waals surface area (Å²) in [5.74, 6) is 0.00819. The summed E-state index contributed by atoms with van der Waals surface area (Å²) in [6.45, 7) is 6.69. The minimum atomic E-state index is -0.931. The molecule has 1 aromatic carbocycles. The first-order valence-corrected chi connectivity index (χ1v) is 10.7. The molecule has 156 valence electrons. The van der Waals surface area contributed by atoms with Crippen LogP contribution in [0.25, 0.3) is 0 Å². The topological polar surface area (TPSA) is 73.0 Å². The highest BCUT2D eigenvalue weighted by atomic mass is 16.2. The molecule has 0 radical (unpaired) electrons. The van der Waals surface area contributed by atoms with Gasteiger partial charge in [0.05, 0.1) is 6.67 Å². The van der Waals surface area contributed by atoms with Gasteiger partial charge in [-0.2, -0.15) is 0 Å². The van der Waals surface area contributed by atoms with Crippen LogP contribution in [0.4, 0.5) is 4.79 Å². The second kappa shape index (κ2) is 7.78. The van der Waals surface area contributed by atoms with E-state index in [4.69, 9.17) is 0 Å². The Hall–Kier alpha value is -2.41. The van der Waals surface area contributed by atoms with Gasteiger partial charge in [0, 0.05) is 32.1 Å². The molecule has 7 nitrogen and oxygen atoms in total. The Bertz CT molecular complexity index is 816. The molecule has 2 aliphatic heterocycles. The summed E-state index contributed by atoms with van der Waals surface area (Å²) < 4.78 is 0. The molecule has 0 bridgehead atoms. The van der Waals surface area contributed by atoms with Crippen molar-refractivity contribution in [2.45, 2.75) is 45.1 Å². The molecule has 1 N–H and O–H groups in total. The molecule has 1 spiro atoms. The summed E-state index contributed by atoms with van der Waals surface area (Å²) >= 11 is 0. The lowest BCUT2D eigenvalue weighted by molar-refractivity contribution is -0.138. The van der Waals surface area contributed by atoms with Crippen LogP contribution in [0, 0.1) is 5.92 Å². The lowest BCUT2D eigenvalue weighted by Crippen LogP contribution is -2.53. The number of carbonyl (C=O) groups is 3. The first-order chi connectivity index (χ1) is 13.9. The molecule has 4 amide bonds. The summed E-state index contributed by atoms with van der Waals surface area (Å²) in [6, 6.07) is 7.68. The maximum atomic E-state index is 13.5. The van der Waals surface area contributed by atoms with Crippen LogP contribution in [-0.4, -0.2) is 65.4 Å². The number of nitrogens with one attached hydrogen (secondary N) is 1. The molecule has 1 aliphatic carbocycles. The first-order valence-electron chi connectivity index (χ1n) is 10.7. The molecule has 1 atom stereocenters. The van der Waals surface area contributed by atoms with Crippen LogP contribution in [0.2, 0.25) is 0 Å². The van der Waals surface area contributed by atoms with E-state index in [1.807, 2.05) is 36.9 Å². The monoisotopic (exact) mass is 398 g/mol. The fraction of sp³-hybridized carbons (Fsp3) is 0.591. The van der Waals surface area contributed by atoms with Crippen molar-refractivity contribution in [1.29, 1.82) is 0 Å². The quantitative estimate of drug-likeness (QED) is 0.790. The number of carbonyl (C=O) groups excluding carboxylic acids is 3. The van der Waals surface area contributed by atoms with Crippen LogP contribution < -0.4 is 5.32 Å². The van der Waals surface area contributed by atoms with E-state index in [0.717, 1.165) is 30.4 Å². The second-order valence-corrected chi connectivity index (χ2v) is 8.67. The third-order valence-corrected chi connectivity index (χ3v) is 6.42. The van der Waals surface area contributed by atoms with Gasteiger partial charge in [0.15, 0.2) is 0 Å². The van der Waals surface area contributed by atoms with Gasteiger partial charge in [-0.1, -0.05) is 38.1 Å². The fourth-order valence-electron chi connectivity index (χ4n) is 4.78.